The molecule has 24 heavy (non-hydrogen) atoms. The molecule has 6 rings (SSSR count). The Morgan fingerprint density at radius 3 is 3.12 bits per heavy atom. The van der Waals surface area contributed by atoms with E-state index in [9.17, 15) is 9.59 Å². The van der Waals surface area contributed by atoms with E-state index in [0.29, 0.717) is 0 Å². The molecule has 120 valence electrons. The normalized spacial score (nSPS) is 35.2. The minimum atomic E-state index is -0.305. The summed E-state index contributed by atoms with van der Waals surface area (Å²) in [6.45, 7) is 0.897. The second-order valence-electron chi connectivity index (χ2n) is 7.03. The standard InChI is InChI=1S/C18H15N3O2S/c22-9-1-3-18-6-11(24-10(18)5-9)21-16-13(18)14-12-8(2-4-19-14)7-20-15(12)17(16)23/h1,3,5,7,11,14,19-21H,2,4,6H2. The first-order chi connectivity index (χ1) is 11.7. The second-order valence-corrected chi connectivity index (χ2v) is 8.27. The summed E-state index contributed by atoms with van der Waals surface area (Å²) in [5.74, 6) is 0.0991. The highest BCUT2D eigenvalue weighted by molar-refractivity contribution is 8.04. The Labute approximate surface area is 142 Å². The summed E-state index contributed by atoms with van der Waals surface area (Å²) in [5, 5.41) is 7.21. The molecule has 1 spiro atoms. The fraction of sp³-hybridized carbons (Fsp3) is 0.333. The Hall–Kier alpha value is -2.05. The van der Waals surface area contributed by atoms with E-state index >= 15 is 0 Å². The topological polar surface area (TPSA) is 74.0 Å². The lowest BCUT2D eigenvalue weighted by Crippen LogP contribution is -2.47. The molecule has 3 atom stereocenters. The zero-order valence-corrected chi connectivity index (χ0v) is 13.6. The van der Waals surface area contributed by atoms with Crippen molar-refractivity contribution in [2.24, 2.45) is 5.41 Å². The van der Waals surface area contributed by atoms with Gasteiger partial charge in [0.25, 0.3) is 0 Å². The van der Waals surface area contributed by atoms with E-state index in [4.69, 9.17) is 0 Å². The number of aromatic nitrogens is 1. The highest BCUT2D eigenvalue weighted by Gasteiger charge is 2.56. The van der Waals surface area contributed by atoms with Crippen LogP contribution in [0.5, 0.6) is 0 Å². The Morgan fingerprint density at radius 2 is 2.21 bits per heavy atom. The molecule has 3 N–H and O–H groups in total. The van der Waals surface area contributed by atoms with Crippen molar-refractivity contribution in [3.8, 4) is 0 Å². The van der Waals surface area contributed by atoms with Gasteiger partial charge in [-0.2, -0.15) is 0 Å². The first-order valence-electron chi connectivity index (χ1n) is 8.29. The number of ketones is 2. The van der Waals surface area contributed by atoms with Crippen LogP contribution in [0, 0.1) is 5.41 Å². The molecule has 0 aromatic carbocycles. The van der Waals surface area contributed by atoms with Crippen LogP contribution in [0.3, 0.4) is 0 Å². The maximum Gasteiger partial charge on any atom is 0.225 e. The number of allylic oxidation sites excluding steroid dienone is 5. The number of carbonyl (C=O) groups excluding carboxylic acids is 2. The quantitative estimate of drug-likeness (QED) is 0.672. The fourth-order valence-corrected chi connectivity index (χ4v) is 6.38. The van der Waals surface area contributed by atoms with Gasteiger partial charge in [-0.25, -0.2) is 0 Å². The summed E-state index contributed by atoms with van der Waals surface area (Å²) in [6, 6.07) is 0.0381. The van der Waals surface area contributed by atoms with Gasteiger partial charge in [-0.05, 0) is 36.1 Å². The van der Waals surface area contributed by atoms with Gasteiger partial charge in [0, 0.05) is 28.6 Å². The number of hydrogen-bond donors (Lipinski definition) is 3. The van der Waals surface area contributed by atoms with Crippen molar-refractivity contribution in [2.75, 3.05) is 6.54 Å². The molecule has 1 aromatic rings. The zero-order valence-electron chi connectivity index (χ0n) is 12.8. The maximum absolute atomic E-state index is 13.1. The third-order valence-electron chi connectivity index (χ3n) is 5.86. The lowest BCUT2D eigenvalue weighted by atomic mass is 9.65. The zero-order chi connectivity index (χ0) is 16.1. The molecule has 0 radical (unpaired) electrons. The lowest BCUT2D eigenvalue weighted by Gasteiger charge is -2.44. The van der Waals surface area contributed by atoms with Crippen LogP contribution in [0.25, 0.3) is 0 Å². The van der Waals surface area contributed by atoms with E-state index in [2.05, 4.69) is 15.6 Å². The van der Waals surface area contributed by atoms with Crippen LogP contribution in [-0.4, -0.2) is 28.5 Å². The van der Waals surface area contributed by atoms with Gasteiger partial charge < -0.3 is 15.6 Å². The van der Waals surface area contributed by atoms with Crippen LogP contribution >= 0.6 is 11.8 Å². The number of carbonyl (C=O) groups is 2. The Morgan fingerprint density at radius 1 is 1.29 bits per heavy atom. The number of hydrogen-bond acceptors (Lipinski definition) is 5. The Kier molecular flexibility index (Phi) is 2.28. The molecule has 4 heterocycles. The molecule has 1 saturated heterocycles. The molecule has 3 aliphatic heterocycles. The van der Waals surface area contributed by atoms with Crippen LogP contribution in [0.15, 0.2) is 40.6 Å². The van der Waals surface area contributed by atoms with E-state index in [1.54, 1.807) is 23.9 Å². The molecular weight excluding hydrogens is 322 g/mol. The number of H-pyrrole nitrogens is 1. The maximum atomic E-state index is 13.1. The third-order valence-corrected chi connectivity index (χ3v) is 7.16. The summed E-state index contributed by atoms with van der Waals surface area (Å²) in [4.78, 5) is 29.3. The largest absolute Gasteiger partial charge is 0.370 e. The average molecular weight is 337 g/mol. The van der Waals surface area contributed by atoms with Gasteiger partial charge in [-0.1, -0.05) is 6.08 Å². The van der Waals surface area contributed by atoms with Gasteiger partial charge >= 0.3 is 0 Å². The number of nitrogens with one attached hydrogen (secondary N) is 3. The van der Waals surface area contributed by atoms with Crippen LogP contribution in [0.4, 0.5) is 0 Å². The summed E-state index contributed by atoms with van der Waals surface area (Å²) >= 11 is 1.69. The van der Waals surface area contributed by atoms with Crippen molar-refractivity contribution < 1.29 is 9.59 Å². The van der Waals surface area contributed by atoms with Crippen LogP contribution in [0.1, 0.15) is 34.1 Å². The molecule has 2 bridgehead atoms. The number of thioether (sulfide) groups is 1. The molecule has 6 heteroatoms. The summed E-state index contributed by atoms with van der Waals surface area (Å²) in [5.41, 5.74) is 4.59. The number of Topliss-reactive ketones (excluding diaryl/α,β-unsaturated/α-hetero) is 1. The third kappa shape index (κ3) is 1.38. The number of fused-ring (bicyclic) bond motifs is 2. The van der Waals surface area contributed by atoms with Crippen molar-refractivity contribution in [2.45, 2.75) is 24.3 Å². The molecule has 1 aromatic heterocycles. The summed E-state index contributed by atoms with van der Waals surface area (Å²) < 4.78 is 0. The first kappa shape index (κ1) is 13.3. The SMILES string of the molecule is O=C1C=CC23CC(NC4=C2C2NCCc5c[nH]c(c52)C4=O)SC3=C1. The van der Waals surface area contributed by atoms with E-state index in [-0.39, 0.29) is 28.4 Å². The van der Waals surface area contributed by atoms with Gasteiger partial charge in [0.05, 0.1) is 22.8 Å². The first-order valence-corrected chi connectivity index (χ1v) is 9.17. The summed E-state index contributed by atoms with van der Waals surface area (Å²) in [6.07, 6.45) is 9.28. The molecule has 2 aliphatic carbocycles. The van der Waals surface area contributed by atoms with Crippen LogP contribution in [-0.2, 0) is 11.2 Å². The smallest absolute Gasteiger partial charge is 0.225 e. The van der Waals surface area contributed by atoms with E-state index in [1.165, 1.54) is 5.56 Å². The Balaban J connectivity index is 1.65. The van der Waals surface area contributed by atoms with Crippen molar-refractivity contribution in [1.29, 1.82) is 0 Å². The van der Waals surface area contributed by atoms with Crippen LogP contribution < -0.4 is 10.6 Å². The average Bonchev–Trinajstić information content (AvgIpc) is 3.12. The molecule has 0 amide bonds. The predicted octanol–water partition coefficient (Wildman–Crippen LogP) is 1.73. The highest BCUT2D eigenvalue weighted by Crippen LogP contribution is 2.63. The molecule has 1 fully saturated rings. The van der Waals surface area contributed by atoms with Crippen molar-refractivity contribution in [3.05, 3.63) is 57.4 Å². The molecule has 5 aliphatic rings. The van der Waals surface area contributed by atoms with Crippen molar-refractivity contribution >= 4 is 23.3 Å². The predicted molar refractivity (Wildman–Crippen MR) is 90.4 cm³/mol. The lowest BCUT2D eigenvalue weighted by molar-refractivity contribution is -0.110. The molecular formula is C18H15N3O2S. The fourth-order valence-electron chi connectivity index (χ4n) is 4.90. The monoisotopic (exact) mass is 337 g/mol. The molecule has 3 unspecified atom stereocenters. The number of aromatic amines is 1. The highest BCUT2D eigenvalue weighted by atomic mass is 32.2. The van der Waals surface area contributed by atoms with Gasteiger partial charge in [-0.3, -0.25) is 9.59 Å². The van der Waals surface area contributed by atoms with Gasteiger partial charge in [0.15, 0.2) is 5.78 Å². The second kappa shape index (κ2) is 4.13. The van der Waals surface area contributed by atoms with Gasteiger partial charge in [0.1, 0.15) is 0 Å². The molecule has 0 saturated carbocycles. The van der Waals surface area contributed by atoms with Gasteiger partial charge in [-0.15, -0.1) is 11.8 Å². The van der Waals surface area contributed by atoms with Crippen molar-refractivity contribution in [3.63, 3.8) is 0 Å². The number of rotatable bonds is 0. The Bertz CT molecular complexity index is 938. The van der Waals surface area contributed by atoms with E-state index in [1.807, 2.05) is 12.3 Å². The van der Waals surface area contributed by atoms with E-state index < -0.39 is 0 Å². The minimum absolute atomic E-state index is 0.0381. The van der Waals surface area contributed by atoms with E-state index in [0.717, 1.165) is 46.8 Å². The molecule has 5 nitrogen and oxygen atoms in total. The van der Waals surface area contributed by atoms with Crippen LogP contribution in [0.2, 0.25) is 0 Å². The van der Waals surface area contributed by atoms with Gasteiger partial charge in [0.2, 0.25) is 5.78 Å². The minimum Gasteiger partial charge on any atom is -0.370 e. The summed E-state index contributed by atoms with van der Waals surface area (Å²) in [7, 11) is 0. The van der Waals surface area contributed by atoms with Crippen molar-refractivity contribution in [1.82, 2.24) is 15.6 Å².